The quantitative estimate of drug-likeness (QED) is 0.684. The number of benzene rings is 2. The number of nitrogens with one attached hydrogen (secondary N) is 1. The van der Waals surface area contributed by atoms with Gasteiger partial charge in [-0.2, -0.15) is 4.31 Å². The van der Waals surface area contributed by atoms with Crippen molar-refractivity contribution in [3.8, 4) is 0 Å². The molecule has 0 fully saturated rings. The molecule has 0 aromatic heterocycles. The predicted molar refractivity (Wildman–Crippen MR) is 103 cm³/mol. The zero-order chi connectivity index (χ0) is 19.0. The lowest BCUT2D eigenvalue weighted by molar-refractivity contribution is 0.0953. The van der Waals surface area contributed by atoms with E-state index >= 15 is 0 Å². The van der Waals surface area contributed by atoms with Crippen molar-refractivity contribution in [1.82, 2.24) is 9.62 Å². The summed E-state index contributed by atoms with van der Waals surface area (Å²) in [4.78, 5) is 12.2. The molecule has 140 valence electrons. The van der Waals surface area contributed by atoms with Gasteiger partial charge in [-0.25, -0.2) is 8.42 Å². The lowest BCUT2D eigenvalue weighted by Crippen LogP contribution is -2.30. The standard InChI is InChI=1S/C20H26N2O3S/c1-3-5-15-21-20(23)18-11-13-19(14-12-18)26(24,25)22(4-2)16-17-9-7-6-8-10-17/h6-14H,3-5,15-16H2,1-2H3,(H,21,23). The van der Waals surface area contributed by atoms with Crippen LogP contribution in [0.5, 0.6) is 0 Å². The summed E-state index contributed by atoms with van der Waals surface area (Å²) in [6.45, 7) is 5.18. The summed E-state index contributed by atoms with van der Waals surface area (Å²) in [7, 11) is -3.61. The van der Waals surface area contributed by atoms with Crippen molar-refractivity contribution in [2.24, 2.45) is 0 Å². The Hall–Kier alpha value is -2.18. The third-order valence-corrected chi connectivity index (χ3v) is 6.06. The highest BCUT2D eigenvalue weighted by Gasteiger charge is 2.23. The van der Waals surface area contributed by atoms with Crippen LogP contribution in [-0.4, -0.2) is 31.7 Å². The van der Waals surface area contributed by atoms with Crippen LogP contribution in [0.1, 0.15) is 42.6 Å². The number of rotatable bonds is 9. The Labute approximate surface area is 156 Å². The van der Waals surface area contributed by atoms with E-state index in [2.05, 4.69) is 12.2 Å². The van der Waals surface area contributed by atoms with Gasteiger partial charge in [0.25, 0.3) is 5.91 Å². The van der Waals surface area contributed by atoms with Crippen molar-refractivity contribution in [2.75, 3.05) is 13.1 Å². The van der Waals surface area contributed by atoms with Crippen molar-refractivity contribution < 1.29 is 13.2 Å². The van der Waals surface area contributed by atoms with Crippen molar-refractivity contribution in [1.29, 1.82) is 0 Å². The SMILES string of the molecule is CCCCNC(=O)c1ccc(S(=O)(=O)N(CC)Cc2ccccc2)cc1. The molecule has 2 aromatic rings. The smallest absolute Gasteiger partial charge is 0.251 e. The molecule has 0 saturated heterocycles. The highest BCUT2D eigenvalue weighted by atomic mass is 32.2. The number of amides is 1. The highest BCUT2D eigenvalue weighted by molar-refractivity contribution is 7.89. The van der Waals surface area contributed by atoms with Gasteiger partial charge in [-0.1, -0.05) is 50.6 Å². The van der Waals surface area contributed by atoms with E-state index in [1.54, 1.807) is 12.1 Å². The molecule has 0 aliphatic heterocycles. The van der Waals surface area contributed by atoms with E-state index in [0.29, 0.717) is 25.2 Å². The summed E-state index contributed by atoms with van der Waals surface area (Å²) in [6, 6.07) is 15.6. The number of hydrogen-bond acceptors (Lipinski definition) is 3. The molecule has 26 heavy (non-hydrogen) atoms. The number of carbonyl (C=O) groups is 1. The van der Waals surface area contributed by atoms with Gasteiger partial charge in [-0.05, 0) is 36.2 Å². The third-order valence-electron chi connectivity index (χ3n) is 4.12. The maximum Gasteiger partial charge on any atom is 0.251 e. The second kappa shape index (κ2) is 9.50. The average molecular weight is 375 g/mol. The largest absolute Gasteiger partial charge is 0.352 e. The van der Waals surface area contributed by atoms with Gasteiger partial charge in [-0.3, -0.25) is 4.79 Å². The Morgan fingerprint density at radius 2 is 1.65 bits per heavy atom. The fourth-order valence-corrected chi connectivity index (χ4v) is 4.00. The molecule has 0 spiro atoms. The Kier molecular flexibility index (Phi) is 7.36. The third kappa shape index (κ3) is 5.16. The van der Waals surface area contributed by atoms with Crippen LogP contribution in [0.2, 0.25) is 0 Å². The summed E-state index contributed by atoms with van der Waals surface area (Å²) in [5.41, 5.74) is 1.40. The molecular weight excluding hydrogens is 348 g/mol. The van der Waals surface area contributed by atoms with Crippen LogP contribution in [0.25, 0.3) is 0 Å². The Bertz CT molecular complexity index is 803. The molecule has 2 aromatic carbocycles. The summed E-state index contributed by atoms with van der Waals surface area (Å²) >= 11 is 0. The number of hydrogen-bond donors (Lipinski definition) is 1. The summed E-state index contributed by atoms with van der Waals surface area (Å²) in [5, 5.41) is 2.83. The molecule has 0 unspecified atom stereocenters. The Morgan fingerprint density at radius 1 is 1.00 bits per heavy atom. The minimum atomic E-state index is -3.61. The fraction of sp³-hybridized carbons (Fsp3) is 0.350. The molecule has 0 bridgehead atoms. The van der Waals surface area contributed by atoms with Crippen molar-refractivity contribution >= 4 is 15.9 Å². The van der Waals surface area contributed by atoms with Crippen LogP contribution in [0.15, 0.2) is 59.5 Å². The van der Waals surface area contributed by atoms with Gasteiger partial charge >= 0.3 is 0 Å². The van der Waals surface area contributed by atoms with Gasteiger partial charge in [-0.15, -0.1) is 0 Å². The first-order valence-corrected chi connectivity index (χ1v) is 10.4. The number of unbranched alkanes of at least 4 members (excludes halogenated alkanes) is 1. The summed E-state index contributed by atoms with van der Waals surface area (Å²) in [6.07, 6.45) is 1.93. The van der Waals surface area contributed by atoms with Gasteiger partial charge in [0.05, 0.1) is 4.90 Å². The van der Waals surface area contributed by atoms with Crippen LogP contribution < -0.4 is 5.32 Å². The average Bonchev–Trinajstić information content (AvgIpc) is 2.67. The maximum atomic E-state index is 12.9. The maximum absolute atomic E-state index is 12.9. The molecule has 0 atom stereocenters. The molecule has 6 heteroatoms. The van der Waals surface area contributed by atoms with Crippen LogP contribution in [0.3, 0.4) is 0 Å². The topological polar surface area (TPSA) is 66.5 Å². The van der Waals surface area contributed by atoms with Crippen LogP contribution in [-0.2, 0) is 16.6 Å². The number of carbonyl (C=O) groups excluding carboxylic acids is 1. The Balaban J connectivity index is 2.13. The normalized spacial score (nSPS) is 11.5. The molecule has 0 heterocycles. The zero-order valence-electron chi connectivity index (χ0n) is 15.3. The number of nitrogens with zero attached hydrogens (tertiary/aromatic N) is 1. The van der Waals surface area contributed by atoms with Gasteiger partial charge in [0.15, 0.2) is 0 Å². The predicted octanol–water partition coefficient (Wildman–Crippen LogP) is 3.43. The van der Waals surface area contributed by atoms with Crippen molar-refractivity contribution in [2.45, 2.75) is 38.1 Å². The van der Waals surface area contributed by atoms with Crippen LogP contribution in [0, 0.1) is 0 Å². The van der Waals surface area contributed by atoms with Gasteiger partial charge in [0.2, 0.25) is 10.0 Å². The molecular formula is C20H26N2O3S. The lowest BCUT2D eigenvalue weighted by Gasteiger charge is -2.20. The first-order chi connectivity index (χ1) is 12.5. The monoisotopic (exact) mass is 374 g/mol. The molecule has 1 N–H and O–H groups in total. The van der Waals surface area contributed by atoms with Gasteiger partial charge < -0.3 is 5.32 Å². The van der Waals surface area contributed by atoms with Crippen LogP contribution >= 0.6 is 0 Å². The van der Waals surface area contributed by atoms with Crippen molar-refractivity contribution in [3.05, 3.63) is 65.7 Å². The second-order valence-electron chi connectivity index (χ2n) is 6.05. The van der Waals surface area contributed by atoms with Gasteiger partial charge in [0.1, 0.15) is 0 Å². The summed E-state index contributed by atoms with van der Waals surface area (Å²) in [5.74, 6) is -0.181. The Morgan fingerprint density at radius 3 is 2.23 bits per heavy atom. The molecule has 0 saturated carbocycles. The second-order valence-corrected chi connectivity index (χ2v) is 7.99. The van der Waals surface area contributed by atoms with E-state index in [1.165, 1.54) is 16.4 Å². The first kappa shape index (κ1) is 20.1. The lowest BCUT2D eigenvalue weighted by atomic mass is 10.2. The van der Waals surface area contributed by atoms with Crippen LogP contribution in [0.4, 0.5) is 0 Å². The zero-order valence-corrected chi connectivity index (χ0v) is 16.1. The van der Waals surface area contributed by atoms with E-state index in [-0.39, 0.29) is 10.8 Å². The minimum absolute atomic E-state index is 0.181. The minimum Gasteiger partial charge on any atom is -0.352 e. The van der Waals surface area contributed by atoms with E-state index in [9.17, 15) is 13.2 Å². The van der Waals surface area contributed by atoms with E-state index in [4.69, 9.17) is 0 Å². The molecule has 0 aliphatic carbocycles. The van der Waals surface area contributed by atoms with E-state index in [0.717, 1.165) is 18.4 Å². The number of sulfonamides is 1. The van der Waals surface area contributed by atoms with E-state index in [1.807, 2.05) is 37.3 Å². The molecule has 2 rings (SSSR count). The van der Waals surface area contributed by atoms with Gasteiger partial charge in [0, 0.05) is 25.2 Å². The first-order valence-electron chi connectivity index (χ1n) is 8.91. The molecule has 1 amide bonds. The molecule has 0 aliphatic rings. The summed E-state index contributed by atoms with van der Waals surface area (Å²) < 4.78 is 27.2. The highest BCUT2D eigenvalue weighted by Crippen LogP contribution is 2.19. The molecule has 5 nitrogen and oxygen atoms in total. The van der Waals surface area contributed by atoms with E-state index < -0.39 is 10.0 Å². The molecule has 0 radical (unpaired) electrons. The van der Waals surface area contributed by atoms with Crippen molar-refractivity contribution in [3.63, 3.8) is 0 Å². The fourth-order valence-electron chi connectivity index (χ4n) is 2.56.